The molecule has 2 N–H and O–H groups in total. The number of halogens is 2. The van der Waals surface area contributed by atoms with Gasteiger partial charge in [0.25, 0.3) is 5.69 Å². The van der Waals surface area contributed by atoms with Gasteiger partial charge in [-0.05, 0) is 47.8 Å². The Hall–Kier alpha value is -1.21. The third kappa shape index (κ3) is 4.14. The first kappa shape index (κ1) is 14.2. The van der Waals surface area contributed by atoms with E-state index in [0.29, 0.717) is 18.3 Å². The molecule has 0 heterocycles. The van der Waals surface area contributed by atoms with Crippen LogP contribution in [0.3, 0.4) is 0 Å². The van der Waals surface area contributed by atoms with E-state index in [2.05, 4.69) is 26.6 Å². The first-order valence-corrected chi connectivity index (χ1v) is 6.98. The van der Waals surface area contributed by atoms with E-state index < -0.39 is 10.7 Å². The Morgan fingerprint density at radius 2 is 2.16 bits per heavy atom. The van der Waals surface area contributed by atoms with Crippen LogP contribution in [0.1, 0.15) is 19.3 Å². The molecule has 0 bridgehead atoms. The largest absolute Gasteiger partial charge is 0.379 e. The first-order chi connectivity index (χ1) is 9.08. The third-order valence-corrected chi connectivity index (χ3v) is 3.52. The molecule has 1 aliphatic rings. The summed E-state index contributed by atoms with van der Waals surface area (Å²) in [6.07, 6.45) is 3.34. The van der Waals surface area contributed by atoms with Gasteiger partial charge in [0.1, 0.15) is 11.5 Å². The van der Waals surface area contributed by atoms with Gasteiger partial charge in [0, 0.05) is 12.6 Å². The monoisotopic (exact) mass is 331 g/mol. The van der Waals surface area contributed by atoms with Crippen LogP contribution in [0.15, 0.2) is 16.6 Å². The second-order valence-corrected chi connectivity index (χ2v) is 5.40. The summed E-state index contributed by atoms with van der Waals surface area (Å²) in [4.78, 5) is 10.3. The molecule has 1 aromatic carbocycles. The van der Waals surface area contributed by atoms with E-state index in [1.54, 1.807) is 0 Å². The fourth-order valence-electron chi connectivity index (χ4n) is 1.73. The Balaban J connectivity index is 1.89. The highest BCUT2D eigenvalue weighted by Gasteiger charge is 2.20. The molecule has 0 atom stereocenters. The van der Waals surface area contributed by atoms with Gasteiger partial charge in [-0.2, -0.15) is 0 Å². The number of nitrogens with zero attached hydrogens (tertiary/aromatic N) is 1. The van der Waals surface area contributed by atoms with Crippen molar-refractivity contribution in [1.29, 1.82) is 0 Å². The smallest absolute Gasteiger partial charge is 0.295 e. The lowest BCUT2D eigenvalue weighted by Gasteiger charge is -2.08. The van der Waals surface area contributed by atoms with Crippen molar-refractivity contribution in [3.05, 3.63) is 32.5 Å². The van der Waals surface area contributed by atoms with Crippen LogP contribution in [-0.4, -0.2) is 24.1 Å². The molecule has 0 amide bonds. The summed E-state index contributed by atoms with van der Waals surface area (Å²) in [5, 5.41) is 17.2. The van der Waals surface area contributed by atoms with Crippen molar-refractivity contribution in [3.63, 3.8) is 0 Å². The third-order valence-electron chi connectivity index (χ3n) is 2.91. The summed E-state index contributed by atoms with van der Waals surface area (Å²) in [7, 11) is 0. The predicted molar refractivity (Wildman–Crippen MR) is 74.9 cm³/mol. The van der Waals surface area contributed by atoms with Crippen LogP contribution in [0.25, 0.3) is 0 Å². The second-order valence-electron chi connectivity index (χ2n) is 4.55. The molecule has 0 saturated heterocycles. The van der Waals surface area contributed by atoms with E-state index >= 15 is 0 Å². The molecule has 0 unspecified atom stereocenters. The maximum Gasteiger partial charge on any atom is 0.295 e. The Bertz CT molecular complexity index is 480. The number of rotatable bonds is 7. The van der Waals surface area contributed by atoms with Crippen LogP contribution >= 0.6 is 15.9 Å². The first-order valence-electron chi connectivity index (χ1n) is 6.18. The van der Waals surface area contributed by atoms with E-state index in [1.807, 2.05) is 0 Å². The SMILES string of the molecule is O=[N+]([O-])c1cc(F)c(Br)cc1NCCCNC1CC1. The molecule has 19 heavy (non-hydrogen) atoms. The predicted octanol–water partition coefficient (Wildman–Crippen LogP) is 3.05. The van der Waals surface area contributed by atoms with Crippen molar-refractivity contribution < 1.29 is 9.31 Å². The standard InChI is InChI=1S/C12H15BrFN3O2/c13-9-6-11(12(17(18)19)7-10(9)14)16-5-1-4-15-8-2-3-8/h6-8,15-16H,1-5H2. The fraction of sp³-hybridized carbons (Fsp3) is 0.500. The Morgan fingerprint density at radius 3 is 2.79 bits per heavy atom. The topological polar surface area (TPSA) is 67.2 Å². The Kier molecular flexibility index (Phi) is 4.71. The summed E-state index contributed by atoms with van der Waals surface area (Å²) < 4.78 is 13.5. The molecule has 1 saturated carbocycles. The molecule has 1 aliphatic carbocycles. The van der Waals surface area contributed by atoms with E-state index in [1.165, 1.54) is 18.9 Å². The molecular weight excluding hydrogens is 317 g/mol. The summed E-state index contributed by atoms with van der Waals surface area (Å²) in [5.41, 5.74) is 0.0977. The van der Waals surface area contributed by atoms with Crippen LogP contribution in [-0.2, 0) is 0 Å². The highest BCUT2D eigenvalue weighted by Crippen LogP contribution is 2.30. The summed E-state index contributed by atoms with van der Waals surface area (Å²) >= 11 is 3.03. The molecule has 1 aromatic rings. The second kappa shape index (κ2) is 6.29. The van der Waals surface area contributed by atoms with Gasteiger partial charge >= 0.3 is 0 Å². The maximum atomic E-state index is 13.3. The lowest BCUT2D eigenvalue weighted by Crippen LogP contribution is -2.20. The van der Waals surface area contributed by atoms with Crippen molar-refractivity contribution in [1.82, 2.24) is 5.32 Å². The van der Waals surface area contributed by atoms with Gasteiger partial charge in [-0.3, -0.25) is 10.1 Å². The highest BCUT2D eigenvalue weighted by molar-refractivity contribution is 9.10. The van der Waals surface area contributed by atoms with Crippen LogP contribution in [0.2, 0.25) is 0 Å². The average Bonchev–Trinajstić information content (AvgIpc) is 3.16. The molecule has 7 heteroatoms. The highest BCUT2D eigenvalue weighted by atomic mass is 79.9. The van der Waals surface area contributed by atoms with Crippen molar-refractivity contribution in [2.24, 2.45) is 0 Å². The number of benzene rings is 1. The molecule has 2 rings (SSSR count). The van der Waals surface area contributed by atoms with Crippen molar-refractivity contribution in [2.45, 2.75) is 25.3 Å². The van der Waals surface area contributed by atoms with Gasteiger partial charge in [0.2, 0.25) is 0 Å². The zero-order valence-corrected chi connectivity index (χ0v) is 11.9. The van der Waals surface area contributed by atoms with Gasteiger partial charge in [-0.1, -0.05) is 0 Å². The van der Waals surface area contributed by atoms with Crippen LogP contribution in [0, 0.1) is 15.9 Å². The van der Waals surface area contributed by atoms with Gasteiger partial charge in [-0.25, -0.2) is 4.39 Å². The van der Waals surface area contributed by atoms with Crippen molar-refractivity contribution in [2.75, 3.05) is 18.4 Å². The number of hydrogen-bond acceptors (Lipinski definition) is 4. The minimum Gasteiger partial charge on any atom is -0.379 e. The lowest BCUT2D eigenvalue weighted by molar-refractivity contribution is -0.384. The normalized spacial score (nSPS) is 14.4. The van der Waals surface area contributed by atoms with Crippen LogP contribution < -0.4 is 10.6 Å². The number of hydrogen-bond donors (Lipinski definition) is 2. The number of nitro benzene ring substituents is 1. The van der Waals surface area contributed by atoms with Gasteiger partial charge in [0.15, 0.2) is 0 Å². The van der Waals surface area contributed by atoms with Gasteiger partial charge in [0.05, 0.1) is 15.5 Å². The molecule has 104 valence electrons. The van der Waals surface area contributed by atoms with E-state index in [-0.39, 0.29) is 10.2 Å². The summed E-state index contributed by atoms with van der Waals surface area (Å²) in [5.74, 6) is -0.632. The van der Waals surface area contributed by atoms with E-state index in [9.17, 15) is 14.5 Å². The molecule has 0 radical (unpaired) electrons. The zero-order valence-electron chi connectivity index (χ0n) is 10.3. The van der Waals surface area contributed by atoms with E-state index in [4.69, 9.17) is 0 Å². The molecule has 1 fully saturated rings. The van der Waals surface area contributed by atoms with Crippen LogP contribution in [0.4, 0.5) is 15.8 Å². The number of nitro groups is 1. The molecule has 0 aromatic heterocycles. The molecular formula is C12H15BrFN3O2. The van der Waals surface area contributed by atoms with Crippen LogP contribution in [0.5, 0.6) is 0 Å². The van der Waals surface area contributed by atoms with Gasteiger partial charge < -0.3 is 10.6 Å². The Labute approximate surface area is 118 Å². The quantitative estimate of drug-likeness (QED) is 0.458. The summed E-state index contributed by atoms with van der Waals surface area (Å²) in [6, 6.07) is 2.99. The molecule has 0 aliphatic heterocycles. The van der Waals surface area contributed by atoms with Crippen molar-refractivity contribution in [3.8, 4) is 0 Å². The minimum atomic E-state index is -0.632. The lowest BCUT2D eigenvalue weighted by atomic mass is 10.2. The zero-order chi connectivity index (χ0) is 13.8. The number of anilines is 1. The summed E-state index contributed by atoms with van der Waals surface area (Å²) in [6.45, 7) is 1.49. The average molecular weight is 332 g/mol. The fourth-order valence-corrected chi connectivity index (χ4v) is 2.08. The Morgan fingerprint density at radius 1 is 1.42 bits per heavy atom. The molecule has 0 spiro atoms. The minimum absolute atomic E-state index is 0.219. The maximum absolute atomic E-state index is 13.3. The van der Waals surface area contributed by atoms with Crippen molar-refractivity contribution >= 4 is 27.3 Å². The van der Waals surface area contributed by atoms with E-state index in [0.717, 1.165) is 19.0 Å². The van der Waals surface area contributed by atoms with Gasteiger partial charge in [-0.15, -0.1) is 0 Å². The molecule has 5 nitrogen and oxygen atoms in total. The number of nitrogens with one attached hydrogen (secondary N) is 2.